The van der Waals surface area contributed by atoms with Gasteiger partial charge in [0.15, 0.2) is 0 Å². The first-order valence-corrected chi connectivity index (χ1v) is 6.15. The summed E-state index contributed by atoms with van der Waals surface area (Å²) < 4.78 is 38.0. The second kappa shape index (κ2) is 4.76. The summed E-state index contributed by atoms with van der Waals surface area (Å²) >= 11 is 0. The number of nitrogens with zero attached hydrogens (tertiary/aromatic N) is 2. The largest absolute Gasteiger partial charge is 0.417 e. The summed E-state index contributed by atoms with van der Waals surface area (Å²) in [6.07, 6.45) is -3.32. The number of hydrogen-bond donors (Lipinski definition) is 0. The van der Waals surface area contributed by atoms with Crippen LogP contribution in [0.15, 0.2) is 18.2 Å². The molecule has 1 aromatic rings. The molecule has 0 amide bonds. The maximum absolute atomic E-state index is 12.7. The molecule has 2 atom stereocenters. The van der Waals surface area contributed by atoms with Crippen molar-refractivity contribution in [3.8, 4) is 6.07 Å². The van der Waals surface area contributed by atoms with Crippen molar-refractivity contribution in [3.05, 3.63) is 29.3 Å². The molecule has 0 spiro atoms. The van der Waals surface area contributed by atoms with E-state index in [4.69, 9.17) is 5.26 Å². The average Bonchev–Trinajstić information content (AvgIpc) is 3.02. The van der Waals surface area contributed by atoms with Crippen molar-refractivity contribution >= 4 is 5.69 Å². The highest BCUT2D eigenvalue weighted by Gasteiger charge is 2.35. The SMILES string of the molecule is CC1CC1CN(C)c1ccc(C(F)(F)F)c(C#N)c1. The van der Waals surface area contributed by atoms with Gasteiger partial charge in [-0.3, -0.25) is 0 Å². The Morgan fingerprint density at radius 3 is 2.53 bits per heavy atom. The first-order valence-electron chi connectivity index (χ1n) is 6.15. The van der Waals surface area contributed by atoms with Crippen LogP contribution in [0.5, 0.6) is 0 Å². The summed E-state index contributed by atoms with van der Waals surface area (Å²) in [6.45, 7) is 2.98. The molecule has 0 aliphatic heterocycles. The summed E-state index contributed by atoms with van der Waals surface area (Å²) in [5.74, 6) is 1.30. The quantitative estimate of drug-likeness (QED) is 0.836. The molecule has 0 aromatic heterocycles. The predicted octanol–water partition coefficient (Wildman–Crippen LogP) is 3.67. The lowest BCUT2D eigenvalue weighted by atomic mass is 10.1. The maximum atomic E-state index is 12.7. The van der Waals surface area contributed by atoms with Gasteiger partial charge in [0.25, 0.3) is 0 Å². The normalized spacial score (nSPS) is 21.9. The molecule has 1 saturated carbocycles. The molecule has 0 radical (unpaired) electrons. The minimum Gasteiger partial charge on any atom is -0.374 e. The Labute approximate surface area is 110 Å². The Morgan fingerprint density at radius 2 is 2.05 bits per heavy atom. The smallest absolute Gasteiger partial charge is 0.374 e. The Balaban J connectivity index is 2.22. The third-order valence-corrected chi connectivity index (χ3v) is 3.65. The zero-order chi connectivity index (χ0) is 14.2. The molecular weight excluding hydrogens is 253 g/mol. The third kappa shape index (κ3) is 3.01. The monoisotopic (exact) mass is 268 g/mol. The van der Waals surface area contributed by atoms with E-state index in [1.807, 2.05) is 11.9 Å². The molecule has 1 fully saturated rings. The van der Waals surface area contributed by atoms with E-state index < -0.39 is 11.7 Å². The van der Waals surface area contributed by atoms with E-state index in [2.05, 4.69) is 6.92 Å². The first-order chi connectivity index (χ1) is 8.82. The molecule has 2 nitrogen and oxygen atoms in total. The molecule has 2 rings (SSSR count). The van der Waals surface area contributed by atoms with Gasteiger partial charge in [0.2, 0.25) is 0 Å². The van der Waals surface area contributed by atoms with E-state index in [1.165, 1.54) is 12.1 Å². The first kappa shape index (κ1) is 13.7. The number of nitriles is 1. The highest BCUT2D eigenvalue weighted by molar-refractivity contribution is 5.55. The van der Waals surface area contributed by atoms with Gasteiger partial charge in [0.1, 0.15) is 0 Å². The Bertz CT molecular complexity index is 516. The van der Waals surface area contributed by atoms with Crippen LogP contribution in [0, 0.1) is 23.2 Å². The zero-order valence-electron chi connectivity index (χ0n) is 10.8. The molecule has 2 unspecified atom stereocenters. The molecule has 0 bridgehead atoms. The number of rotatable bonds is 3. The van der Waals surface area contributed by atoms with Crippen LogP contribution in [0.1, 0.15) is 24.5 Å². The lowest BCUT2D eigenvalue weighted by molar-refractivity contribution is -0.137. The molecule has 0 saturated heterocycles. The van der Waals surface area contributed by atoms with E-state index >= 15 is 0 Å². The van der Waals surface area contributed by atoms with Gasteiger partial charge in [-0.15, -0.1) is 0 Å². The topological polar surface area (TPSA) is 27.0 Å². The predicted molar refractivity (Wildman–Crippen MR) is 66.7 cm³/mol. The van der Waals surface area contributed by atoms with E-state index in [0.717, 1.165) is 19.0 Å². The summed E-state index contributed by atoms with van der Waals surface area (Å²) in [6, 6.07) is 5.36. The molecular formula is C14H15F3N2. The lowest BCUT2D eigenvalue weighted by Crippen LogP contribution is -2.21. The van der Waals surface area contributed by atoms with Crippen LogP contribution in [0.2, 0.25) is 0 Å². The number of hydrogen-bond acceptors (Lipinski definition) is 2. The van der Waals surface area contributed by atoms with Gasteiger partial charge in [-0.2, -0.15) is 18.4 Å². The van der Waals surface area contributed by atoms with E-state index in [9.17, 15) is 13.2 Å². The van der Waals surface area contributed by atoms with Crippen molar-refractivity contribution in [2.24, 2.45) is 11.8 Å². The number of benzene rings is 1. The summed E-state index contributed by atoms with van der Waals surface area (Å²) in [7, 11) is 1.84. The molecule has 0 N–H and O–H groups in total. The lowest BCUT2D eigenvalue weighted by Gasteiger charge is -2.20. The van der Waals surface area contributed by atoms with E-state index in [0.29, 0.717) is 17.5 Å². The number of halogens is 3. The van der Waals surface area contributed by atoms with Crippen LogP contribution in [-0.4, -0.2) is 13.6 Å². The Kier molecular flexibility index (Phi) is 3.44. The summed E-state index contributed by atoms with van der Waals surface area (Å²) in [5, 5.41) is 8.86. The van der Waals surface area contributed by atoms with Gasteiger partial charge < -0.3 is 4.90 Å². The summed E-state index contributed by atoms with van der Waals surface area (Å²) in [4.78, 5) is 1.91. The molecule has 19 heavy (non-hydrogen) atoms. The van der Waals surface area contributed by atoms with Gasteiger partial charge in [-0.25, -0.2) is 0 Å². The van der Waals surface area contributed by atoms with E-state index in [-0.39, 0.29) is 5.56 Å². The van der Waals surface area contributed by atoms with Crippen molar-refractivity contribution in [1.29, 1.82) is 5.26 Å². The zero-order valence-corrected chi connectivity index (χ0v) is 10.8. The van der Waals surface area contributed by atoms with Crippen molar-refractivity contribution in [2.45, 2.75) is 19.5 Å². The maximum Gasteiger partial charge on any atom is 0.417 e. The van der Waals surface area contributed by atoms with Crippen molar-refractivity contribution in [2.75, 3.05) is 18.5 Å². The van der Waals surface area contributed by atoms with Gasteiger partial charge in [0.05, 0.1) is 17.2 Å². The Hall–Kier alpha value is -1.70. The minimum atomic E-state index is -4.48. The summed E-state index contributed by atoms with van der Waals surface area (Å²) in [5.41, 5.74) is -0.531. The van der Waals surface area contributed by atoms with Crippen molar-refractivity contribution in [3.63, 3.8) is 0 Å². The van der Waals surface area contributed by atoms with Crippen LogP contribution in [-0.2, 0) is 6.18 Å². The molecule has 1 aliphatic carbocycles. The van der Waals surface area contributed by atoms with Crippen molar-refractivity contribution in [1.82, 2.24) is 0 Å². The molecule has 102 valence electrons. The second-order valence-corrected chi connectivity index (χ2v) is 5.19. The van der Waals surface area contributed by atoms with Crippen LogP contribution in [0.25, 0.3) is 0 Å². The fourth-order valence-corrected chi connectivity index (χ4v) is 2.22. The fraction of sp³-hybridized carbons (Fsp3) is 0.500. The van der Waals surface area contributed by atoms with Gasteiger partial charge in [-0.05, 0) is 36.5 Å². The van der Waals surface area contributed by atoms with Crippen LogP contribution < -0.4 is 4.90 Å². The van der Waals surface area contributed by atoms with Crippen LogP contribution in [0.4, 0.5) is 18.9 Å². The number of anilines is 1. The minimum absolute atomic E-state index is 0.319. The van der Waals surface area contributed by atoms with Gasteiger partial charge in [0, 0.05) is 19.3 Å². The highest BCUT2D eigenvalue weighted by Crippen LogP contribution is 2.39. The van der Waals surface area contributed by atoms with E-state index in [1.54, 1.807) is 6.07 Å². The second-order valence-electron chi connectivity index (χ2n) is 5.19. The molecule has 1 aliphatic rings. The number of alkyl halides is 3. The molecule has 0 heterocycles. The standard InChI is InChI=1S/C14H15F3N2/c1-9-5-11(9)8-19(2)12-3-4-13(14(15,16)17)10(6-12)7-18/h3-4,6,9,11H,5,8H2,1-2H3. The highest BCUT2D eigenvalue weighted by atomic mass is 19.4. The van der Waals surface area contributed by atoms with Crippen molar-refractivity contribution < 1.29 is 13.2 Å². The van der Waals surface area contributed by atoms with Crippen LogP contribution in [0.3, 0.4) is 0 Å². The fourth-order valence-electron chi connectivity index (χ4n) is 2.22. The molecule has 5 heteroatoms. The molecule has 1 aromatic carbocycles. The average molecular weight is 268 g/mol. The van der Waals surface area contributed by atoms with Gasteiger partial charge >= 0.3 is 6.18 Å². The van der Waals surface area contributed by atoms with Crippen LogP contribution >= 0.6 is 0 Å². The Morgan fingerprint density at radius 1 is 1.42 bits per heavy atom. The van der Waals surface area contributed by atoms with Gasteiger partial charge in [-0.1, -0.05) is 6.92 Å². The third-order valence-electron chi connectivity index (χ3n) is 3.65.